The van der Waals surface area contributed by atoms with Gasteiger partial charge in [0.25, 0.3) is 0 Å². The second kappa shape index (κ2) is 5.41. The van der Waals surface area contributed by atoms with Crippen LogP contribution in [0.25, 0.3) is 0 Å². The average Bonchev–Trinajstić information content (AvgIpc) is 2.69. The predicted octanol–water partition coefficient (Wildman–Crippen LogP) is 0.0329. The van der Waals surface area contributed by atoms with Crippen molar-refractivity contribution in [2.45, 2.75) is 17.4 Å². The Bertz CT molecular complexity index is 704. The number of nitrogens with one attached hydrogen (secondary N) is 1. The van der Waals surface area contributed by atoms with E-state index in [1.165, 1.54) is 4.90 Å². The number of sulfonamides is 1. The number of halogens is 1. The molecule has 2 N–H and O–H groups in total. The van der Waals surface area contributed by atoms with Gasteiger partial charge in [0.15, 0.2) is 0 Å². The van der Waals surface area contributed by atoms with Crippen molar-refractivity contribution in [1.29, 1.82) is 0 Å². The third-order valence-electron chi connectivity index (χ3n) is 3.19. The maximum atomic E-state index is 13.8. The molecule has 1 aromatic carbocycles. The number of carbonyl (C=O) groups excluding carboxylic acids is 1. The molecule has 1 heterocycles. The maximum Gasteiger partial charge on any atom is 0.335 e. The SMILES string of the molecule is CN1CCC(NS(=O)(=O)c2ccc(C(=O)O)cc2F)C1=O. The zero-order chi connectivity index (χ0) is 15.8. The first-order valence-electron chi connectivity index (χ1n) is 6.02. The van der Waals surface area contributed by atoms with E-state index in [2.05, 4.69) is 4.72 Å². The summed E-state index contributed by atoms with van der Waals surface area (Å²) in [4.78, 5) is 23.0. The first-order chi connectivity index (χ1) is 9.72. The number of nitrogens with zero attached hydrogens (tertiary/aromatic N) is 1. The van der Waals surface area contributed by atoms with E-state index < -0.39 is 32.7 Å². The lowest BCUT2D eigenvalue weighted by molar-refractivity contribution is -0.127. The minimum atomic E-state index is -4.24. The molecule has 1 aromatic rings. The molecule has 0 aromatic heterocycles. The zero-order valence-electron chi connectivity index (χ0n) is 11.0. The van der Waals surface area contributed by atoms with Gasteiger partial charge in [-0.2, -0.15) is 4.72 Å². The number of likely N-dealkylation sites (N-methyl/N-ethyl adjacent to an activating group) is 1. The zero-order valence-corrected chi connectivity index (χ0v) is 11.9. The Balaban J connectivity index is 2.28. The van der Waals surface area contributed by atoms with Crippen LogP contribution in [-0.2, 0) is 14.8 Å². The quantitative estimate of drug-likeness (QED) is 0.816. The lowest BCUT2D eigenvalue weighted by Crippen LogP contribution is -2.40. The molecule has 7 nitrogen and oxygen atoms in total. The molecule has 1 aliphatic rings. The second-order valence-corrected chi connectivity index (χ2v) is 6.36. The highest BCUT2D eigenvalue weighted by Crippen LogP contribution is 2.18. The Hall–Kier alpha value is -2.00. The van der Waals surface area contributed by atoms with Gasteiger partial charge in [0.1, 0.15) is 16.8 Å². The van der Waals surface area contributed by atoms with Gasteiger partial charge in [-0.3, -0.25) is 4.79 Å². The molecular formula is C12H13FN2O5S. The van der Waals surface area contributed by atoms with Crippen molar-refractivity contribution in [1.82, 2.24) is 9.62 Å². The van der Waals surface area contributed by atoms with Crippen LogP contribution in [0.2, 0.25) is 0 Å². The minimum Gasteiger partial charge on any atom is -0.478 e. The molecule has 0 aliphatic carbocycles. The predicted molar refractivity (Wildman–Crippen MR) is 69.7 cm³/mol. The van der Waals surface area contributed by atoms with Crippen LogP contribution in [0.4, 0.5) is 4.39 Å². The first-order valence-corrected chi connectivity index (χ1v) is 7.51. The standard InChI is InChI=1S/C12H13FN2O5S/c1-15-5-4-9(11(15)16)14-21(19,20)10-3-2-7(12(17)18)6-8(10)13/h2-3,6,9,14H,4-5H2,1H3,(H,17,18). The summed E-state index contributed by atoms with van der Waals surface area (Å²) in [6.07, 6.45) is 0.295. The molecule has 1 fully saturated rings. The molecule has 1 amide bonds. The minimum absolute atomic E-state index is 0.295. The van der Waals surface area contributed by atoms with Gasteiger partial charge in [-0.1, -0.05) is 0 Å². The van der Waals surface area contributed by atoms with Gasteiger partial charge in [0.05, 0.1) is 5.56 Å². The van der Waals surface area contributed by atoms with Crippen LogP contribution in [0.3, 0.4) is 0 Å². The van der Waals surface area contributed by atoms with E-state index >= 15 is 0 Å². The summed E-state index contributed by atoms with van der Waals surface area (Å²) >= 11 is 0. The molecule has 0 spiro atoms. The summed E-state index contributed by atoms with van der Waals surface area (Å²) in [5, 5.41) is 8.71. The van der Waals surface area contributed by atoms with Gasteiger partial charge >= 0.3 is 5.97 Å². The van der Waals surface area contributed by atoms with E-state index in [-0.39, 0.29) is 11.5 Å². The number of amides is 1. The smallest absolute Gasteiger partial charge is 0.335 e. The Morgan fingerprint density at radius 2 is 2.14 bits per heavy atom. The van der Waals surface area contributed by atoms with Crippen LogP contribution < -0.4 is 4.72 Å². The molecule has 9 heteroatoms. The van der Waals surface area contributed by atoms with E-state index in [1.54, 1.807) is 7.05 Å². The number of hydrogen-bond acceptors (Lipinski definition) is 4. The highest BCUT2D eigenvalue weighted by atomic mass is 32.2. The lowest BCUT2D eigenvalue weighted by atomic mass is 10.2. The Morgan fingerprint density at radius 3 is 2.62 bits per heavy atom. The van der Waals surface area contributed by atoms with Crippen LogP contribution >= 0.6 is 0 Å². The normalized spacial score (nSPS) is 19.0. The van der Waals surface area contributed by atoms with Crippen molar-refractivity contribution in [3.05, 3.63) is 29.6 Å². The van der Waals surface area contributed by atoms with Crippen LogP contribution in [0, 0.1) is 5.82 Å². The van der Waals surface area contributed by atoms with E-state index in [4.69, 9.17) is 5.11 Å². The molecule has 0 saturated carbocycles. The van der Waals surface area contributed by atoms with Crippen LogP contribution in [0.1, 0.15) is 16.8 Å². The molecule has 0 radical (unpaired) electrons. The number of benzene rings is 1. The second-order valence-electron chi connectivity index (χ2n) is 4.67. The number of hydrogen-bond donors (Lipinski definition) is 2. The Kier molecular flexibility index (Phi) is 3.97. The number of aromatic carboxylic acids is 1. The number of carboxylic acids is 1. The van der Waals surface area contributed by atoms with Gasteiger partial charge in [-0.25, -0.2) is 17.6 Å². The van der Waals surface area contributed by atoms with Crippen LogP contribution in [0.5, 0.6) is 0 Å². The molecular weight excluding hydrogens is 303 g/mol. The molecule has 1 atom stereocenters. The van der Waals surface area contributed by atoms with Crippen molar-refractivity contribution < 1.29 is 27.5 Å². The number of rotatable bonds is 4. The van der Waals surface area contributed by atoms with Gasteiger partial charge in [0, 0.05) is 13.6 Å². The molecule has 1 saturated heterocycles. The van der Waals surface area contributed by atoms with E-state index in [0.717, 1.165) is 12.1 Å². The fourth-order valence-electron chi connectivity index (χ4n) is 2.03. The third kappa shape index (κ3) is 3.03. The molecule has 2 rings (SSSR count). The third-order valence-corrected chi connectivity index (χ3v) is 4.70. The monoisotopic (exact) mass is 316 g/mol. The van der Waals surface area contributed by atoms with Crippen LogP contribution in [-0.4, -0.2) is 49.9 Å². The average molecular weight is 316 g/mol. The fourth-order valence-corrected chi connectivity index (χ4v) is 3.32. The topological polar surface area (TPSA) is 104 Å². The van der Waals surface area contributed by atoms with Crippen molar-refractivity contribution in [2.24, 2.45) is 0 Å². The maximum absolute atomic E-state index is 13.8. The number of carbonyl (C=O) groups is 2. The molecule has 114 valence electrons. The molecule has 21 heavy (non-hydrogen) atoms. The Labute approximate surface area is 120 Å². The summed E-state index contributed by atoms with van der Waals surface area (Å²) in [5.74, 6) is -2.93. The summed E-state index contributed by atoms with van der Waals surface area (Å²) in [6.45, 7) is 0.409. The molecule has 1 unspecified atom stereocenters. The van der Waals surface area contributed by atoms with Crippen molar-refractivity contribution >= 4 is 21.9 Å². The number of carboxylic acid groups (broad SMARTS) is 1. The fraction of sp³-hybridized carbons (Fsp3) is 0.333. The summed E-state index contributed by atoms with van der Waals surface area (Å²) in [5.41, 5.74) is -0.358. The van der Waals surface area contributed by atoms with Gasteiger partial charge < -0.3 is 10.0 Å². The molecule has 0 bridgehead atoms. The van der Waals surface area contributed by atoms with Gasteiger partial charge in [0.2, 0.25) is 15.9 Å². The van der Waals surface area contributed by atoms with E-state index in [1.807, 2.05) is 0 Å². The van der Waals surface area contributed by atoms with Crippen molar-refractivity contribution in [3.8, 4) is 0 Å². The van der Waals surface area contributed by atoms with Gasteiger partial charge in [-0.05, 0) is 24.6 Å². The lowest BCUT2D eigenvalue weighted by Gasteiger charge is -2.13. The van der Waals surface area contributed by atoms with Crippen molar-refractivity contribution in [2.75, 3.05) is 13.6 Å². The summed E-state index contributed by atoms with van der Waals surface area (Å²) in [7, 11) is -2.70. The van der Waals surface area contributed by atoms with E-state index in [0.29, 0.717) is 19.0 Å². The first kappa shape index (κ1) is 15.4. The highest BCUT2D eigenvalue weighted by molar-refractivity contribution is 7.89. The Morgan fingerprint density at radius 1 is 1.48 bits per heavy atom. The summed E-state index contributed by atoms with van der Waals surface area (Å²) in [6, 6.07) is 1.55. The summed E-state index contributed by atoms with van der Waals surface area (Å²) < 4.78 is 40.1. The van der Waals surface area contributed by atoms with Gasteiger partial charge in [-0.15, -0.1) is 0 Å². The van der Waals surface area contributed by atoms with E-state index in [9.17, 15) is 22.4 Å². The largest absolute Gasteiger partial charge is 0.478 e. The van der Waals surface area contributed by atoms with Crippen molar-refractivity contribution in [3.63, 3.8) is 0 Å². The van der Waals surface area contributed by atoms with Crippen LogP contribution in [0.15, 0.2) is 23.1 Å². The highest BCUT2D eigenvalue weighted by Gasteiger charge is 2.33. The number of likely N-dealkylation sites (tertiary alicyclic amines) is 1. The molecule has 1 aliphatic heterocycles.